The van der Waals surface area contributed by atoms with Crippen LogP contribution in [0.3, 0.4) is 0 Å². The number of aliphatic hydroxyl groups is 1. The van der Waals surface area contributed by atoms with Crippen molar-refractivity contribution in [1.29, 1.82) is 0 Å². The molecule has 5 rings (SSSR count). The highest BCUT2D eigenvalue weighted by Gasteiger charge is 2.45. The van der Waals surface area contributed by atoms with Gasteiger partial charge in [-0.15, -0.1) is 0 Å². The Kier molecular flexibility index (Phi) is 6.64. The van der Waals surface area contributed by atoms with Gasteiger partial charge in [-0.3, -0.25) is 9.59 Å². The Labute approximate surface area is 214 Å². The average molecular weight is 536 g/mol. The largest absolute Gasteiger partial charge is 0.395 e. The van der Waals surface area contributed by atoms with Crippen molar-refractivity contribution in [2.45, 2.75) is 61.8 Å². The quantitative estimate of drug-likeness (QED) is 0.561. The van der Waals surface area contributed by atoms with Crippen molar-refractivity contribution in [1.82, 2.24) is 4.57 Å². The third-order valence-electron chi connectivity index (χ3n) is 8.05. The molecule has 8 nitrogen and oxygen atoms in total. The van der Waals surface area contributed by atoms with E-state index in [2.05, 4.69) is 5.32 Å². The molecule has 0 bridgehead atoms. The molecule has 1 spiro atoms. The third kappa shape index (κ3) is 5.29. The lowest BCUT2D eigenvalue weighted by Gasteiger charge is -2.35. The van der Waals surface area contributed by atoms with Crippen molar-refractivity contribution in [2.24, 2.45) is 5.41 Å². The Morgan fingerprint density at radius 3 is 2.46 bits per heavy atom. The van der Waals surface area contributed by atoms with E-state index in [-0.39, 0.29) is 29.0 Å². The number of aliphatic hydroxyl groups excluding tert-OH is 1. The highest BCUT2D eigenvalue weighted by atomic mass is 32.2. The lowest BCUT2D eigenvalue weighted by atomic mass is 9.93. The summed E-state index contributed by atoms with van der Waals surface area (Å²) in [5.41, 5.74) is 0.457. The zero-order valence-corrected chi connectivity index (χ0v) is 21.3. The molecule has 3 aliphatic rings. The number of carbonyl (C=O) groups excluding carboxylic acids is 1. The molecule has 2 saturated carbocycles. The number of hydrogen-bond donors (Lipinski definition) is 2. The Hall–Kier alpha value is -2.79. The molecule has 0 radical (unpaired) electrons. The first-order valence-corrected chi connectivity index (χ1v) is 14.3. The van der Waals surface area contributed by atoms with Crippen molar-refractivity contribution in [2.75, 3.05) is 35.7 Å². The number of amides is 1. The van der Waals surface area contributed by atoms with Crippen LogP contribution in [0.5, 0.6) is 0 Å². The first-order chi connectivity index (χ1) is 17.5. The second-order valence-corrected chi connectivity index (χ2v) is 12.7. The van der Waals surface area contributed by atoms with Crippen molar-refractivity contribution in [3.63, 3.8) is 0 Å². The van der Waals surface area contributed by atoms with Crippen LogP contribution in [-0.2, 0) is 9.84 Å². The third-order valence-corrected chi connectivity index (χ3v) is 9.74. The van der Waals surface area contributed by atoms with E-state index in [4.69, 9.17) is 0 Å². The van der Waals surface area contributed by atoms with Gasteiger partial charge in [0.1, 0.15) is 5.69 Å². The van der Waals surface area contributed by atoms with Gasteiger partial charge in [-0.2, -0.15) is 0 Å². The number of alkyl halides is 2. The Morgan fingerprint density at radius 2 is 1.84 bits per heavy atom. The van der Waals surface area contributed by atoms with E-state index in [9.17, 15) is 31.9 Å². The highest BCUT2D eigenvalue weighted by Crippen LogP contribution is 2.54. The zero-order chi connectivity index (χ0) is 26.4. The summed E-state index contributed by atoms with van der Waals surface area (Å²) in [6.07, 6.45) is 5.21. The van der Waals surface area contributed by atoms with Crippen LogP contribution in [0.15, 0.2) is 46.2 Å². The van der Waals surface area contributed by atoms with Crippen LogP contribution in [0.25, 0.3) is 0 Å². The van der Waals surface area contributed by atoms with Crippen LogP contribution in [0, 0.1) is 5.41 Å². The summed E-state index contributed by atoms with van der Waals surface area (Å²) in [4.78, 5) is 28.5. The van der Waals surface area contributed by atoms with Crippen LogP contribution < -0.4 is 15.8 Å². The molecule has 1 aliphatic heterocycles. The molecule has 37 heavy (non-hydrogen) atoms. The van der Waals surface area contributed by atoms with Gasteiger partial charge >= 0.3 is 0 Å². The number of sulfone groups is 1. The van der Waals surface area contributed by atoms with Gasteiger partial charge in [-0.25, -0.2) is 17.2 Å². The molecule has 1 saturated heterocycles. The van der Waals surface area contributed by atoms with Crippen LogP contribution >= 0.6 is 0 Å². The molecule has 2 aromatic rings. The number of halogens is 2. The normalized spacial score (nSPS) is 22.2. The smallest absolute Gasteiger partial charge is 0.274 e. The van der Waals surface area contributed by atoms with Gasteiger partial charge in [0.25, 0.3) is 11.5 Å². The zero-order valence-electron chi connectivity index (χ0n) is 20.5. The highest BCUT2D eigenvalue weighted by molar-refractivity contribution is 7.91. The first-order valence-electron chi connectivity index (χ1n) is 12.7. The van der Waals surface area contributed by atoms with Gasteiger partial charge in [0.15, 0.2) is 9.84 Å². The summed E-state index contributed by atoms with van der Waals surface area (Å²) < 4.78 is 54.0. The summed E-state index contributed by atoms with van der Waals surface area (Å²) >= 11 is 0. The van der Waals surface area contributed by atoms with Crippen molar-refractivity contribution in [3.8, 4) is 0 Å². The van der Waals surface area contributed by atoms with Crippen LogP contribution in [0.4, 0.5) is 20.2 Å². The molecular weight excluding hydrogens is 504 g/mol. The monoisotopic (exact) mass is 535 g/mol. The van der Waals surface area contributed by atoms with Gasteiger partial charge in [0, 0.05) is 38.2 Å². The fourth-order valence-corrected chi connectivity index (χ4v) is 6.58. The second-order valence-electron chi connectivity index (χ2n) is 10.5. The molecule has 11 heteroatoms. The Bertz CT molecular complexity index is 1360. The fraction of sp³-hybridized carbons (Fsp3) is 0.538. The maximum Gasteiger partial charge on any atom is 0.274 e. The van der Waals surface area contributed by atoms with E-state index in [1.165, 1.54) is 47.9 Å². The molecule has 2 N–H and O–H groups in total. The molecule has 2 aliphatic carbocycles. The average Bonchev–Trinajstić information content (AvgIpc) is 3.51. The summed E-state index contributed by atoms with van der Waals surface area (Å²) in [7, 11) is -3.74. The van der Waals surface area contributed by atoms with E-state index in [1.54, 1.807) is 6.07 Å². The fourth-order valence-electron chi connectivity index (χ4n) is 5.54. The number of pyridine rings is 1. The second kappa shape index (κ2) is 9.50. The van der Waals surface area contributed by atoms with Crippen LogP contribution in [0.1, 0.15) is 61.3 Å². The summed E-state index contributed by atoms with van der Waals surface area (Å²) in [5, 5.41) is 11.8. The van der Waals surface area contributed by atoms with Crippen molar-refractivity contribution < 1.29 is 27.1 Å². The number of nitrogens with one attached hydrogen (secondary N) is 1. The van der Waals surface area contributed by atoms with Crippen LogP contribution in [-0.4, -0.2) is 55.4 Å². The van der Waals surface area contributed by atoms with E-state index < -0.39 is 52.0 Å². The number of aromatic nitrogens is 1. The molecule has 1 aromatic carbocycles. The SMILES string of the molecule is O=C(Nc1cccn(C2CCC(F)(F)C2)c1=O)c1ccc(S(=O)(=O)CCO)cc1N1CCC2(CC1)CC2. The molecular formula is C26H31F2N3O5S. The molecule has 2 heterocycles. The minimum atomic E-state index is -3.74. The van der Waals surface area contributed by atoms with Gasteiger partial charge in [-0.1, -0.05) is 0 Å². The standard InChI is InChI=1S/C26H31F2N3O5S/c27-26(28)6-5-18(17-26)31-11-1-2-21(24(31)34)29-23(33)20-4-3-19(37(35,36)15-14-32)16-22(20)30-12-9-25(7-8-25)10-13-30/h1-4,11,16,18,32H,5-10,12-15,17H2,(H,29,33). The number of hydrogen-bond acceptors (Lipinski definition) is 6. The lowest BCUT2D eigenvalue weighted by Crippen LogP contribution is -2.36. The molecule has 1 unspecified atom stereocenters. The Balaban J connectivity index is 1.44. The van der Waals surface area contributed by atoms with Gasteiger partial charge in [-0.05, 0) is 67.9 Å². The minimum Gasteiger partial charge on any atom is -0.395 e. The topological polar surface area (TPSA) is 109 Å². The maximum absolute atomic E-state index is 13.7. The minimum absolute atomic E-state index is 0.0176. The molecule has 3 fully saturated rings. The Morgan fingerprint density at radius 1 is 1.11 bits per heavy atom. The van der Waals surface area contributed by atoms with E-state index in [1.807, 2.05) is 4.90 Å². The first kappa shape index (κ1) is 25.8. The van der Waals surface area contributed by atoms with Gasteiger partial charge in [0.2, 0.25) is 5.92 Å². The van der Waals surface area contributed by atoms with Gasteiger partial charge in [0.05, 0.1) is 28.5 Å². The number of carbonyl (C=O) groups is 1. The van der Waals surface area contributed by atoms with E-state index >= 15 is 0 Å². The molecule has 1 aromatic heterocycles. The van der Waals surface area contributed by atoms with E-state index in [0.29, 0.717) is 24.2 Å². The predicted molar refractivity (Wildman–Crippen MR) is 135 cm³/mol. The summed E-state index contributed by atoms with van der Waals surface area (Å²) in [5.74, 6) is -3.83. The molecule has 1 atom stereocenters. The van der Waals surface area contributed by atoms with Crippen LogP contribution in [0.2, 0.25) is 0 Å². The molecule has 1 amide bonds. The van der Waals surface area contributed by atoms with Gasteiger partial charge < -0.3 is 19.9 Å². The lowest BCUT2D eigenvalue weighted by molar-refractivity contribution is 0.00551. The van der Waals surface area contributed by atoms with E-state index in [0.717, 1.165) is 12.8 Å². The number of anilines is 2. The van der Waals surface area contributed by atoms with Crippen molar-refractivity contribution >= 4 is 27.1 Å². The predicted octanol–water partition coefficient (Wildman–Crippen LogP) is 3.61. The number of nitrogens with zero attached hydrogens (tertiary/aromatic N) is 2. The number of rotatable bonds is 7. The summed E-state index contributed by atoms with van der Waals surface area (Å²) in [6.45, 7) is 0.842. The number of benzene rings is 1. The molecule has 200 valence electrons. The summed E-state index contributed by atoms with van der Waals surface area (Å²) in [6, 6.07) is 6.55. The maximum atomic E-state index is 13.7. The van der Waals surface area contributed by atoms with Crippen molar-refractivity contribution in [3.05, 3.63) is 52.4 Å². The number of piperidine rings is 1.